The Kier molecular flexibility index (Phi) is 5.75. The highest BCUT2D eigenvalue weighted by Crippen LogP contribution is 2.18. The van der Waals surface area contributed by atoms with Crippen molar-refractivity contribution in [2.75, 3.05) is 19.6 Å². The van der Waals surface area contributed by atoms with E-state index in [-0.39, 0.29) is 6.04 Å². The van der Waals surface area contributed by atoms with Gasteiger partial charge in [-0.1, -0.05) is 36.2 Å². The van der Waals surface area contributed by atoms with Crippen LogP contribution in [0.15, 0.2) is 24.3 Å². The molecule has 5 nitrogen and oxygen atoms in total. The molecule has 1 aromatic carbocycles. The Morgan fingerprint density at radius 1 is 1.38 bits per heavy atom. The number of hydrogen-bond acceptors (Lipinski definition) is 3. The van der Waals surface area contributed by atoms with E-state index >= 15 is 0 Å². The van der Waals surface area contributed by atoms with Crippen LogP contribution in [0.3, 0.4) is 0 Å². The summed E-state index contributed by atoms with van der Waals surface area (Å²) in [6.07, 6.45) is 3.52. The number of piperidine rings is 1. The Bertz CT molecular complexity index is 560. The van der Waals surface area contributed by atoms with E-state index < -0.39 is 10.2 Å². The average molecular weight is 311 g/mol. The van der Waals surface area contributed by atoms with Gasteiger partial charge in [-0.3, -0.25) is 0 Å². The molecule has 1 fully saturated rings. The first-order chi connectivity index (χ1) is 10.0. The molecule has 1 unspecified atom stereocenters. The van der Waals surface area contributed by atoms with Crippen LogP contribution in [0.4, 0.5) is 0 Å². The van der Waals surface area contributed by atoms with Gasteiger partial charge < -0.3 is 5.73 Å². The van der Waals surface area contributed by atoms with Crippen LogP contribution < -0.4 is 10.5 Å². The SMILES string of the molecule is Cc1cccc(CCNS(=O)(=O)N2CCCCC2CN)c1. The molecule has 21 heavy (non-hydrogen) atoms. The van der Waals surface area contributed by atoms with Crippen LogP contribution in [0.5, 0.6) is 0 Å². The van der Waals surface area contributed by atoms with Crippen molar-refractivity contribution < 1.29 is 8.42 Å². The van der Waals surface area contributed by atoms with Crippen molar-refractivity contribution in [2.24, 2.45) is 5.73 Å². The van der Waals surface area contributed by atoms with E-state index in [1.165, 1.54) is 9.87 Å². The Morgan fingerprint density at radius 2 is 2.19 bits per heavy atom. The monoisotopic (exact) mass is 311 g/mol. The molecule has 1 aliphatic rings. The van der Waals surface area contributed by atoms with Crippen molar-refractivity contribution >= 4 is 10.2 Å². The van der Waals surface area contributed by atoms with Crippen molar-refractivity contribution in [3.8, 4) is 0 Å². The Labute approximate surface area is 127 Å². The van der Waals surface area contributed by atoms with Gasteiger partial charge in [-0.15, -0.1) is 0 Å². The fourth-order valence-corrected chi connectivity index (χ4v) is 4.28. The third-order valence-corrected chi connectivity index (χ3v) is 5.60. The van der Waals surface area contributed by atoms with E-state index in [1.807, 2.05) is 25.1 Å². The van der Waals surface area contributed by atoms with Crippen LogP contribution >= 0.6 is 0 Å². The zero-order chi connectivity index (χ0) is 15.3. The summed E-state index contributed by atoms with van der Waals surface area (Å²) in [7, 11) is -3.42. The molecule has 0 saturated carbocycles. The van der Waals surface area contributed by atoms with E-state index in [9.17, 15) is 8.42 Å². The Hall–Kier alpha value is -0.950. The van der Waals surface area contributed by atoms with Crippen LogP contribution in [0.2, 0.25) is 0 Å². The molecule has 118 valence electrons. The van der Waals surface area contributed by atoms with Gasteiger partial charge in [0.2, 0.25) is 0 Å². The summed E-state index contributed by atoms with van der Waals surface area (Å²) in [4.78, 5) is 0. The lowest BCUT2D eigenvalue weighted by atomic mass is 10.1. The molecule has 3 N–H and O–H groups in total. The number of benzene rings is 1. The fourth-order valence-electron chi connectivity index (χ4n) is 2.80. The van der Waals surface area contributed by atoms with Gasteiger partial charge in [-0.25, -0.2) is 4.72 Å². The molecule has 1 aliphatic heterocycles. The van der Waals surface area contributed by atoms with E-state index in [0.717, 1.165) is 24.8 Å². The van der Waals surface area contributed by atoms with Gasteiger partial charge in [0.15, 0.2) is 0 Å². The van der Waals surface area contributed by atoms with Crippen molar-refractivity contribution in [1.29, 1.82) is 0 Å². The van der Waals surface area contributed by atoms with E-state index in [0.29, 0.717) is 26.1 Å². The fraction of sp³-hybridized carbons (Fsp3) is 0.600. The molecule has 1 atom stereocenters. The van der Waals surface area contributed by atoms with E-state index in [2.05, 4.69) is 10.8 Å². The van der Waals surface area contributed by atoms with Crippen LogP contribution in [-0.4, -0.2) is 38.4 Å². The maximum atomic E-state index is 12.4. The van der Waals surface area contributed by atoms with Crippen LogP contribution in [0, 0.1) is 6.92 Å². The van der Waals surface area contributed by atoms with Crippen molar-refractivity contribution in [3.63, 3.8) is 0 Å². The number of nitrogens with zero attached hydrogens (tertiary/aromatic N) is 1. The molecule has 0 aliphatic carbocycles. The number of rotatable bonds is 6. The van der Waals surface area contributed by atoms with Gasteiger partial charge >= 0.3 is 0 Å². The molecule has 0 spiro atoms. The number of nitrogens with one attached hydrogen (secondary N) is 1. The maximum absolute atomic E-state index is 12.4. The standard InChI is InChI=1S/C15H25N3O2S/c1-13-5-4-6-14(11-13)8-9-17-21(19,20)18-10-3-2-7-15(18)12-16/h4-6,11,15,17H,2-3,7-10,12,16H2,1H3. The lowest BCUT2D eigenvalue weighted by Crippen LogP contribution is -2.51. The van der Waals surface area contributed by atoms with Crippen LogP contribution in [0.25, 0.3) is 0 Å². The predicted molar refractivity (Wildman–Crippen MR) is 85.2 cm³/mol. The van der Waals surface area contributed by atoms with Gasteiger partial charge in [0.05, 0.1) is 0 Å². The van der Waals surface area contributed by atoms with Gasteiger partial charge in [0.25, 0.3) is 10.2 Å². The molecule has 1 heterocycles. The quantitative estimate of drug-likeness (QED) is 0.828. The number of aryl methyl sites for hydroxylation is 1. The maximum Gasteiger partial charge on any atom is 0.279 e. The lowest BCUT2D eigenvalue weighted by Gasteiger charge is -2.33. The molecule has 1 aromatic rings. The van der Waals surface area contributed by atoms with Crippen molar-refractivity contribution in [3.05, 3.63) is 35.4 Å². The molecule has 1 saturated heterocycles. The van der Waals surface area contributed by atoms with Gasteiger partial charge in [-0.05, 0) is 31.7 Å². The summed E-state index contributed by atoms with van der Waals surface area (Å²) >= 11 is 0. The lowest BCUT2D eigenvalue weighted by molar-refractivity contribution is 0.254. The molecule has 0 radical (unpaired) electrons. The molecular weight excluding hydrogens is 286 g/mol. The summed E-state index contributed by atoms with van der Waals surface area (Å²) in [5, 5.41) is 0. The molecule has 0 bridgehead atoms. The zero-order valence-electron chi connectivity index (χ0n) is 12.6. The Balaban J connectivity index is 1.91. The minimum atomic E-state index is -3.42. The van der Waals surface area contributed by atoms with Crippen LogP contribution in [0.1, 0.15) is 30.4 Å². The largest absolute Gasteiger partial charge is 0.329 e. The Morgan fingerprint density at radius 3 is 2.90 bits per heavy atom. The summed E-state index contributed by atoms with van der Waals surface area (Å²) in [5.41, 5.74) is 8.03. The first kappa shape index (κ1) is 16.4. The summed E-state index contributed by atoms with van der Waals surface area (Å²) < 4.78 is 29.0. The third kappa shape index (κ3) is 4.51. The van der Waals surface area contributed by atoms with Crippen molar-refractivity contribution in [2.45, 2.75) is 38.6 Å². The minimum absolute atomic E-state index is 0.0600. The number of hydrogen-bond donors (Lipinski definition) is 2. The van der Waals surface area contributed by atoms with Crippen LogP contribution in [-0.2, 0) is 16.6 Å². The molecule has 6 heteroatoms. The summed E-state index contributed by atoms with van der Waals surface area (Å²) in [6.45, 7) is 3.41. The molecule has 2 rings (SSSR count). The second-order valence-electron chi connectivity index (χ2n) is 5.63. The summed E-state index contributed by atoms with van der Waals surface area (Å²) in [6, 6.07) is 8.07. The second-order valence-corrected chi connectivity index (χ2v) is 7.34. The highest BCUT2D eigenvalue weighted by molar-refractivity contribution is 7.87. The van der Waals surface area contributed by atoms with Gasteiger partial charge in [0, 0.05) is 25.7 Å². The van der Waals surface area contributed by atoms with E-state index in [4.69, 9.17) is 5.73 Å². The number of nitrogens with two attached hydrogens (primary N) is 1. The predicted octanol–water partition coefficient (Wildman–Crippen LogP) is 1.19. The van der Waals surface area contributed by atoms with Gasteiger partial charge in [0.1, 0.15) is 0 Å². The minimum Gasteiger partial charge on any atom is -0.329 e. The normalized spacial score (nSPS) is 20.6. The smallest absolute Gasteiger partial charge is 0.279 e. The first-order valence-electron chi connectivity index (χ1n) is 7.55. The highest BCUT2D eigenvalue weighted by atomic mass is 32.2. The zero-order valence-corrected chi connectivity index (χ0v) is 13.4. The van der Waals surface area contributed by atoms with E-state index in [1.54, 1.807) is 0 Å². The first-order valence-corrected chi connectivity index (χ1v) is 8.99. The van der Waals surface area contributed by atoms with Gasteiger partial charge in [-0.2, -0.15) is 12.7 Å². The molecule has 0 amide bonds. The second kappa shape index (κ2) is 7.35. The molecule has 0 aromatic heterocycles. The molecular formula is C15H25N3O2S. The third-order valence-electron chi connectivity index (χ3n) is 3.93. The highest BCUT2D eigenvalue weighted by Gasteiger charge is 2.30. The van der Waals surface area contributed by atoms with Crippen molar-refractivity contribution in [1.82, 2.24) is 9.03 Å². The average Bonchev–Trinajstić information content (AvgIpc) is 2.47. The topological polar surface area (TPSA) is 75.4 Å². The summed E-state index contributed by atoms with van der Waals surface area (Å²) in [5.74, 6) is 0.